The fraction of sp³-hybridized carbons (Fsp3) is 0.321. The van der Waals surface area contributed by atoms with E-state index < -0.39 is 0 Å². The number of allylic oxidation sites excluding steroid dienone is 1. The summed E-state index contributed by atoms with van der Waals surface area (Å²) in [5.41, 5.74) is 4.87. The van der Waals surface area contributed by atoms with Crippen LogP contribution in [0.4, 0.5) is 5.69 Å². The van der Waals surface area contributed by atoms with Gasteiger partial charge in [-0.05, 0) is 46.4 Å². The highest BCUT2D eigenvalue weighted by Crippen LogP contribution is 2.54. The second-order valence-corrected chi connectivity index (χ2v) is 9.54. The van der Waals surface area contributed by atoms with Gasteiger partial charge in [-0.2, -0.15) is 0 Å². The number of fused-ring (bicyclic) bond motifs is 4. The van der Waals surface area contributed by atoms with Crippen molar-refractivity contribution in [1.29, 1.82) is 0 Å². The van der Waals surface area contributed by atoms with Gasteiger partial charge in [0.15, 0.2) is 17.3 Å². The van der Waals surface area contributed by atoms with Gasteiger partial charge in [0.25, 0.3) is 0 Å². The minimum absolute atomic E-state index is 0.103. The lowest BCUT2D eigenvalue weighted by molar-refractivity contribution is -0.118. The maximum absolute atomic E-state index is 13.7. The highest BCUT2D eigenvalue weighted by atomic mass is 16.5. The van der Waals surface area contributed by atoms with E-state index >= 15 is 0 Å². The molecule has 0 bridgehead atoms. The van der Waals surface area contributed by atoms with Crippen molar-refractivity contribution >= 4 is 27.8 Å². The predicted octanol–water partition coefficient (Wildman–Crippen LogP) is 6.18. The number of carbonyl (C=O) groups is 1. The molecule has 0 radical (unpaired) electrons. The summed E-state index contributed by atoms with van der Waals surface area (Å²) < 4.78 is 16.9. The Morgan fingerprint density at radius 3 is 2.36 bits per heavy atom. The van der Waals surface area contributed by atoms with Crippen LogP contribution in [0.2, 0.25) is 0 Å². The van der Waals surface area contributed by atoms with E-state index in [9.17, 15) is 4.79 Å². The average molecular weight is 444 g/mol. The SMILES string of the molecule is COc1ccc([C@@H]2Nc3ccc4ccccc4c3C3=C2C(=O)CC(C)(C)C3)c(OC)c1OC. The van der Waals surface area contributed by atoms with Gasteiger partial charge < -0.3 is 19.5 Å². The van der Waals surface area contributed by atoms with E-state index in [4.69, 9.17) is 14.2 Å². The Morgan fingerprint density at radius 1 is 0.879 bits per heavy atom. The zero-order chi connectivity index (χ0) is 23.3. The van der Waals surface area contributed by atoms with Gasteiger partial charge >= 0.3 is 0 Å². The van der Waals surface area contributed by atoms with Crippen LogP contribution in [0.15, 0.2) is 54.1 Å². The molecule has 3 aromatic carbocycles. The molecule has 1 atom stereocenters. The van der Waals surface area contributed by atoms with Gasteiger partial charge in [0.1, 0.15) is 0 Å². The van der Waals surface area contributed by atoms with Crippen LogP contribution < -0.4 is 19.5 Å². The number of hydrogen-bond donors (Lipinski definition) is 1. The minimum atomic E-state index is -0.341. The van der Waals surface area contributed by atoms with Crippen LogP contribution in [0, 0.1) is 5.41 Å². The Labute approximate surface area is 194 Å². The fourth-order valence-electron chi connectivity index (χ4n) is 5.42. The van der Waals surface area contributed by atoms with E-state index in [1.54, 1.807) is 21.3 Å². The first-order valence-corrected chi connectivity index (χ1v) is 11.2. The quantitative estimate of drug-likeness (QED) is 0.522. The van der Waals surface area contributed by atoms with Crippen LogP contribution in [0.3, 0.4) is 0 Å². The van der Waals surface area contributed by atoms with Crippen LogP contribution in [-0.2, 0) is 4.79 Å². The van der Waals surface area contributed by atoms with E-state index in [0.29, 0.717) is 23.7 Å². The van der Waals surface area contributed by atoms with E-state index in [1.807, 2.05) is 18.2 Å². The molecule has 5 rings (SSSR count). The summed E-state index contributed by atoms with van der Waals surface area (Å²) in [5, 5.41) is 6.01. The third kappa shape index (κ3) is 3.34. The van der Waals surface area contributed by atoms with Gasteiger partial charge in [0.05, 0.1) is 27.4 Å². The molecule has 3 aromatic rings. The van der Waals surface area contributed by atoms with Gasteiger partial charge in [-0.3, -0.25) is 4.79 Å². The molecule has 0 spiro atoms. The number of nitrogens with one attached hydrogen (secondary N) is 1. The number of anilines is 1. The highest BCUT2D eigenvalue weighted by Gasteiger charge is 2.42. The number of benzene rings is 3. The van der Waals surface area contributed by atoms with Gasteiger partial charge in [-0.1, -0.05) is 44.2 Å². The molecule has 1 N–H and O–H groups in total. The molecule has 5 nitrogen and oxygen atoms in total. The summed E-state index contributed by atoms with van der Waals surface area (Å²) >= 11 is 0. The Kier molecular flexibility index (Phi) is 5.08. The number of rotatable bonds is 4. The lowest BCUT2D eigenvalue weighted by Crippen LogP contribution is -2.33. The zero-order valence-corrected chi connectivity index (χ0v) is 19.7. The Balaban J connectivity index is 1.80. The normalized spacial score (nSPS) is 18.9. The van der Waals surface area contributed by atoms with Gasteiger partial charge in [-0.25, -0.2) is 0 Å². The largest absolute Gasteiger partial charge is 0.493 e. The van der Waals surface area contributed by atoms with E-state index in [0.717, 1.165) is 34.4 Å². The van der Waals surface area contributed by atoms with E-state index in [2.05, 4.69) is 49.5 Å². The molecule has 2 aliphatic rings. The zero-order valence-electron chi connectivity index (χ0n) is 19.7. The first kappa shape index (κ1) is 21.4. The molecule has 0 unspecified atom stereocenters. The maximum Gasteiger partial charge on any atom is 0.203 e. The Bertz CT molecular complexity index is 1300. The molecule has 0 amide bonds. The van der Waals surface area contributed by atoms with Crippen molar-refractivity contribution in [1.82, 2.24) is 0 Å². The first-order valence-electron chi connectivity index (χ1n) is 11.2. The summed E-state index contributed by atoms with van der Waals surface area (Å²) in [6.45, 7) is 4.35. The molecule has 5 heteroatoms. The van der Waals surface area contributed by atoms with Crippen LogP contribution in [0.25, 0.3) is 16.3 Å². The van der Waals surface area contributed by atoms with Gasteiger partial charge in [0.2, 0.25) is 5.75 Å². The van der Waals surface area contributed by atoms with Crippen LogP contribution >= 0.6 is 0 Å². The van der Waals surface area contributed by atoms with E-state index in [-0.39, 0.29) is 17.2 Å². The third-order valence-electron chi connectivity index (χ3n) is 6.78. The molecule has 0 fully saturated rings. The first-order chi connectivity index (χ1) is 15.9. The molecule has 33 heavy (non-hydrogen) atoms. The lowest BCUT2D eigenvalue weighted by Gasteiger charge is -2.40. The van der Waals surface area contributed by atoms with Crippen molar-refractivity contribution in [2.24, 2.45) is 5.41 Å². The number of ether oxygens (including phenoxy) is 3. The van der Waals surface area contributed by atoms with Crippen LogP contribution in [0.1, 0.15) is 43.9 Å². The number of ketones is 1. The van der Waals surface area contributed by atoms with E-state index in [1.165, 1.54) is 10.8 Å². The van der Waals surface area contributed by atoms with Crippen LogP contribution in [-0.4, -0.2) is 27.1 Å². The summed E-state index contributed by atoms with van der Waals surface area (Å²) in [6.07, 6.45) is 1.35. The average Bonchev–Trinajstić information content (AvgIpc) is 2.81. The minimum Gasteiger partial charge on any atom is -0.493 e. The number of carbonyl (C=O) groups excluding carboxylic acids is 1. The molecule has 0 saturated carbocycles. The second kappa shape index (κ2) is 7.84. The van der Waals surface area contributed by atoms with Crippen molar-refractivity contribution in [3.8, 4) is 17.2 Å². The molecule has 0 aromatic heterocycles. The monoisotopic (exact) mass is 443 g/mol. The molecule has 1 heterocycles. The Hall–Kier alpha value is -3.47. The van der Waals surface area contributed by atoms with Gasteiger partial charge in [0, 0.05) is 28.8 Å². The lowest BCUT2D eigenvalue weighted by atomic mass is 9.67. The van der Waals surface area contributed by atoms with Gasteiger partial charge in [-0.15, -0.1) is 0 Å². The molecule has 0 saturated heterocycles. The molecule has 1 aliphatic heterocycles. The third-order valence-corrected chi connectivity index (χ3v) is 6.78. The number of Topliss-reactive ketones (excluding diaryl/α,β-unsaturated/α-hetero) is 1. The fourth-order valence-corrected chi connectivity index (χ4v) is 5.42. The molecular weight excluding hydrogens is 414 g/mol. The Morgan fingerprint density at radius 2 is 1.64 bits per heavy atom. The highest BCUT2D eigenvalue weighted by molar-refractivity contribution is 6.13. The standard InChI is InChI=1S/C28H29NO4/c1-28(2)14-19-23-17-9-7-6-8-16(17)10-12-20(23)29-25(24(19)21(30)15-28)18-11-13-22(31-3)27(33-5)26(18)32-4/h6-13,25,29H,14-15H2,1-5H3/t25-/m0/s1. The number of methoxy groups -OCH3 is 3. The summed E-state index contributed by atoms with van der Waals surface area (Å²) in [5.74, 6) is 1.86. The van der Waals surface area contributed by atoms with Crippen molar-refractivity contribution in [3.63, 3.8) is 0 Å². The second-order valence-electron chi connectivity index (χ2n) is 9.54. The topological polar surface area (TPSA) is 56.8 Å². The summed E-state index contributed by atoms with van der Waals surface area (Å²) in [4.78, 5) is 13.7. The van der Waals surface area contributed by atoms with Crippen molar-refractivity contribution in [2.45, 2.75) is 32.7 Å². The van der Waals surface area contributed by atoms with Crippen LogP contribution in [0.5, 0.6) is 17.2 Å². The predicted molar refractivity (Wildman–Crippen MR) is 131 cm³/mol. The summed E-state index contributed by atoms with van der Waals surface area (Å²) in [6, 6.07) is 16.1. The number of hydrogen-bond acceptors (Lipinski definition) is 5. The maximum atomic E-state index is 13.7. The molecule has 170 valence electrons. The summed E-state index contributed by atoms with van der Waals surface area (Å²) in [7, 11) is 4.82. The van der Waals surface area contributed by atoms with Crippen molar-refractivity contribution in [3.05, 3.63) is 65.2 Å². The van der Waals surface area contributed by atoms with Crippen molar-refractivity contribution in [2.75, 3.05) is 26.6 Å². The molecular formula is C28H29NO4. The smallest absolute Gasteiger partial charge is 0.203 e. The van der Waals surface area contributed by atoms with Crippen molar-refractivity contribution < 1.29 is 19.0 Å². The molecule has 1 aliphatic carbocycles.